The Labute approximate surface area is 139 Å². The molecule has 6 nitrogen and oxygen atoms in total. The summed E-state index contributed by atoms with van der Waals surface area (Å²) < 4.78 is 1.84. The maximum atomic E-state index is 12.1. The average molecular weight is 325 g/mol. The maximum absolute atomic E-state index is 12.1. The summed E-state index contributed by atoms with van der Waals surface area (Å²) in [6.07, 6.45) is 3.76. The van der Waals surface area contributed by atoms with Crippen molar-refractivity contribution >= 4 is 11.8 Å². The molecule has 0 saturated carbocycles. The van der Waals surface area contributed by atoms with E-state index >= 15 is 0 Å². The lowest BCUT2D eigenvalue weighted by Gasteiger charge is -2.26. The highest BCUT2D eigenvalue weighted by molar-refractivity contribution is 5.95. The number of benzene rings is 1. The highest BCUT2D eigenvalue weighted by Gasteiger charge is 2.27. The molecular weight excluding hydrogens is 306 g/mol. The first-order valence-electron chi connectivity index (χ1n) is 7.75. The minimum atomic E-state index is -0.163. The number of carbonyl (C=O) groups excluding carboxylic acids is 2. The summed E-state index contributed by atoms with van der Waals surface area (Å²) in [6, 6.07) is 8.49. The van der Waals surface area contributed by atoms with Crippen molar-refractivity contribution in [2.45, 2.75) is 12.5 Å². The van der Waals surface area contributed by atoms with E-state index in [1.54, 1.807) is 30.3 Å². The highest BCUT2D eigenvalue weighted by atomic mass is 16.3. The number of hydrogen-bond acceptors (Lipinski definition) is 3. The number of hydrogen-bond donors (Lipinski definition) is 3. The maximum Gasteiger partial charge on any atom is 0.268 e. The van der Waals surface area contributed by atoms with Crippen molar-refractivity contribution in [3.05, 3.63) is 54.9 Å². The average Bonchev–Trinajstić information content (AvgIpc) is 3.02. The summed E-state index contributed by atoms with van der Waals surface area (Å²) >= 11 is 0. The van der Waals surface area contributed by atoms with Crippen molar-refractivity contribution in [2.75, 3.05) is 13.1 Å². The Balaban J connectivity index is 1.88. The van der Waals surface area contributed by atoms with Crippen LogP contribution in [0.5, 0.6) is 5.75 Å². The number of nitrogens with one attached hydrogen (secondary N) is 2. The van der Waals surface area contributed by atoms with Crippen LogP contribution in [0, 0.1) is 0 Å². The number of fused-ring (bicyclic) bond motifs is 1. The van der Waals surface area contributed by atoms with Crippen LogP contribution in [0.4, 0.5) is 0 Å². The Morgan fingerprint density at radius 2 is 2.25 bits per heavy atom. The molecule has 3 N–H and O–H groups in total. The second kappa shape index (κ2) is 6.62. The van der Waals surface area contributed by atoms with Gasteiger partial charge in [-0.05, 0) is 23.8 Å². The molecule has 0 saturated heterocycles. The van der Waals surface area contributed by atoms with Crippen molar-refractivity contribution in [3.8, 4) is 16.9 Å². The van der Waals surface area contributed by atoms with Gasteiger partial charge in [0.25, 0.3) is 5.91 Å². The van der Waals surface area contributed by atoms with Crippen molar-refractivity contribution in [3.63, 3.8) is 0 Å². The van der Waals surface area contributed by atoms with E-state index < -0.39 is 0 Å². The van der Waals surface area contributed by atoms with E-state index in [1.807, 2.05) is 16.8 Å². The molecule has 2 aromatic rings. The first kappa shape index (κ1) is 15.9. The van der Waals surface area contributed by atoms with Crippen LogP contribution in [0.3, 0.4) is 0 Å². The van der Waals surface area contributed by atoms with Gasteiger partial charge in [0.05, 0.1) is 6.04 Å². The number of aromatic hydroxyl groups is 1. The number of phenols is 1. The minimum absolute atomic E-state index is 0.0883. The molecule has 1 aromatic carbocycles. The van der Waals surface area contributed by atoms with Gasteiger partial charge >= 0.3 is 0 Å². The number of amides is 2. The van der Waals surface area contributed by atoms with Crippen LogP contribution in [0.1, 0.15) is 23.0 Å². The monoisotopic (exact) mass is 325 g/mol. The molecule has 1 aromatic heterocycles. The van der Waals surface area contributed by atoms with E-state index in [4.69, 9.17) is 0 Å². The normalized spacial score (nSPS) is 16.2. The largest absolute Gasteiger partial charge is 0.508 e. The molecule has 0 aliphatic carbocycles. The van der Waals surface area contributed by atoms with Gasteiger partial charge in [0, 0.05) is 31.3 Å². The lowest BCUT2D eigenvalue weighted by molar-refractivity contribution is -0.121. The topological polar surface area (TPSA) is 83.4 Å². The Hall–Kier alpha value is -3.02. The van der Waals surface area contributed by atoms with E-state index in [1.165, 1.54) is 0 Å². The van der Waals surface area contributed by atoms with Gasteiger partial charge in [-0.3, -0.25) is 9.59 Å². The van der Waals surface area contributed by atoms with Crippen LogP contribution in [0.2, 0.25) is 0 Å². The summed E-state index contributed by atoms with van der Waals surface area (Å²) in [5, 5.41) is 15.2. The quantitative estimate of drug-likeness (QED) is 0.734. The molecule has 3 rings (SSSR count). The van der Waals surface area contributed by atoms with Crippen LogP contribution in [0.25, 0.3) is 11.1 Å². The molecule has 0 fully saturated rings. The van der Waals surface area contributed by atoms with Gasteiger partial charge in [0.1, 0.15) is 11.4 Å². The number of carbonyl (C=O) groups is 2. The van der Waals surface area contributed by atoms with Gasteiger partial charge in [0.15, 0.2) is 0 Å². The van der Waals surface area contributed by atoms with Gasteiger partial charge in [-0.15, -0.1) is 6.58 Å². The van der Waals surface area contributed by atoms with Gasteiger partial charge in [-0.1, -0.05) is 18.2 Å². The van der Waals surface area contributed by atoms with Crippen LogP contribution in [-0.2, 0) is 4.79 Å². The first-order chi connectivity index (χ1) is 11.6. The van der Waals surface area contributed by atoms with Crippen molar-refractivity contribution in [1.29, 1.82) is 0 Å². The molecular formula is C18H19N3O3. The molecule has 1 aliphatic rings. The van der Waals surface area contributed by atoms with E-state index in [9.17, 15) is 14.7 Å². The molecule has 6 heteroatoms. The summed E-state index contributed by atoms with van der Waals surface area (Å²) in [6.45, 7) is 4.40. The fourth-order valence-electron chi connectivity index (χ4n) is 2.85. The standard InChI is InChI=1S/C18H19N3O3/c1-2-6-19-17(23)9-14-10-20-18(24)16-8-13(11-21(14)16)12-4-3-5-15(22)7-12/h2-5,7-8,11,14,22H,1,6,9-10H2,(H,19,23)(H,20,24). The third-order valence-electron chi connectivity index (χ3n) is 4.02. The zero-order valence-corrected chi connectivity index (χ0v) is 13.2. The molecule has 0 spiro atoms. The van der Waals surface area contributed by atoms with Crippen LogP contribution >= 0.6 is 0 Å². The van der Waals surface area contributed by atoms with Gasteiger partial charge in [-0.25, -0.2) is 0 Å². The van der Waals surface area contributed by atoms with E-state index in [-0.39, 0.29) is 30.0 Å². The molecule has 24 heavy (non-hydrogen) atoms. The summed E-state index contributed by atoms with van der Waals surface area (Å²) in [5.41, 5.74) is 2.16. The SMILES string of the molecule is C=CCNC(=O)CC1CNC(=O)c2cc(-c3cccc(O)c3)cn21. The fraction of sp³-hybridized carbons (Fsp3) is 0.222. The fourth-order valence-corrected chi connectivity index (χ4v) is 2.85. The smallest absolute Gasteiger partial charge is 0.268 e. The molecule has 1 aliphatic heterocycles. The lowest BCUT2D eigenvalue weighted by Crippen LogP contribution is -2.40. The molecule has 1 unspecified atom stereocenters. The zero-order chi connectivity index (χ0) is 17.1. The Morgan fingerprint density at radius 1 is 1.42 bits per heavy atom. The van der Waals surface area contributed by atoms with Crippen LogP contribution < -0.4 is 10.6 Å². The van der Waals surface area contributed by atoms with E-state index in [0.717, 1.165) is 11.1 Å². The van der Waals surface area contributed by atoms with Crippen molar-refractivity contribution in [2.24, 2.45) is 0 Å². The van der Waals surface area contributed by atoms with Crippen molar-refractivity contribution in [1.82, 2.24) is 15.2 Å². The zero-order valence-electron chi connectivity index (χ0n) is 13.2. The van der Waals surface area contributed by atoms with Crippen LogP contribution in [-0.4, -0.2) is 34.6 Å². The molecule has 124 valence electrons. The predicted octanol–water partition coefficient (Wildman–Crippen LogP) is 1.84. The summed E-state index contributed by atoms with van der Waals surface area (Å²) in [4.78, 5) is 24.1. The van der Waals surface area contributed by atoms with Gasteiger partial charge in [-0.2, -0.15) is 0 Å². The van der Waals surface area contributed by atoms with E-state index in [0.29, 0.717) is 18.8 Å². The summed E-state index contributed by atoms with van der Waals surface area (Å²) in [5.74, 6) is -0.0831. The minimum Gasteiger partial charge on any atom is -0.508 e. The first-order valence-corrected chi connectivity index (χ1v) is 7.75. The number of rotatable bonds is 5. The second-order valence-corrected chi connectivity index (χ2v) is 5.73. The van der Waals surface area contributed by atoms with Crippen LogP contribution in [0.15, 0.2) is 49.2 Å². The van der Waals surface area contributed by atoms with E-state index in [2.05, 4.69) is 17.2 Å². The number of nitrogens with zero attached hydrogens (tertiary/aromatic N) is 1. The Kier molecular flexibility index (Phi) is 4.37. The summed E-state index contributed by atoms with van der Waals surface area (Å²) in [7, 11) is 0. The van der Waals surface area contributed by atoms with Gasteiger partial charge in [0.2, 0.25) is 5.91 Å². The third kappa shape index (κ3) is 3.17. The highest BCUT2D eigenvalue weighted by Crippen LogP contribution is 2.29. The molecule has 0 radical (unpaired) electrons. The van der Waals surface area contributed by atoms with Gasteiger partial charge < -0.3 is 20.3 Å². The molecule has 2 amide bonds. The molecule has 1 atom stereocenters. The third-order valence-corrected chi connectivity index (χ3v) is 4.02. The van der Waals surface area contributed by atoms with Crippen molar-refractivity contribution < 1.29 is 14.7 Å². The molecule has 2 heterocycles. The predicted molar refractivity (Wildman–Crippen MR) is 90.7 cm³/mol. The lowest BCUT2D eigenvalue weighted by atomic mass is 10.1. The second-order valence-electron chi connectivity index (χ2n) is 5.73. The Bertz CT molecular complexity index is 795. The number of aromatic nitrogens is 1. The molecule has 0 bridgehead atoms. The number of phenolic OH excluding ortho intramolecular Hbond substituents is 1. The Morgan fingerprint density at radius 3 is 3.00 bits per heavy atom.